The van der Waals surface area contributed by atoms with Crippen LogP contribution in [0, 0.1) is 0 Å². The van der Waals surface area contributed by atoms with Gasteiger partial charge in [0.2, 0.25) is 0 Å². The highest BCUT2D eigenvalue weighted by molar-refractivity contribution is 5.69. The van der Waals surface area contributed by atoms with Gasteiger partial charge in [0.05, 0.1) is 0 Å². The van der Waals surface area contributed by atoms with Crippen LogP contribution < -0.4 is 9.47 Å². The number of benzene rings is 1. The van der Waals surface area contributed by atoms with Crippen LogP contribution in [-0.2, 0) is 9.59 Å². The summed E-state index contributed by atoms with van der Waals surface area (Å²) in [6.07, 6.45) is 0. The minimum Gasteiger partial charge on any atom is -0.479 e. The second kappa shape index (κ2) is 7.07. The van der Waals surface area contributed by atoms with Crippen LogP contribution in [0.3, 0.4) is 0 Å². The molecule has 94 valence electrons. The normalized spacial score (nSPS) is 8.94. The monoisotopic (exact) mass is 244 g/mol. The number of rotatable bonds is 6. The maximum Gasteiger partial charge on any atom is 0.341 e. The lowest BCUT2D eigenvalue weighted by Gasteiger charge is -2.09. The number of para-hydroxylation sites is 2. The Hall–Kier alpha value is -2.28. The van der Waals surface area contributed by atoms with E-state index in [1.807, 2.05) is 0 Å². The molecule has 0 aliphatic rings. The average Bonchev–Trinajstić information content (AvgIpc) is 2.24. The largest absolute Gasteiger partial charge is 0.479 e. The molecule has 0 fully saturated rings. The smallest absolute Gasteiger partial charge is 0.341 e. The predicted octanol–water partition coefficient (Wildman–Crippen LogP) is -0.211. The first-order valence-corrected chi connectivity index (χ1v) is 4.38. The zero-order valence-electron chi connectivity index (χ0n) is 8.75. The molecule has 17 heavy (non-hydrogen) atoms. The summed E-state index contributed by atoms with van der Waals surface area (Å²) in [5.41, 5.74) is 0. The molecular formula is C10H12O7. The fourth-order valence-electron chi connectivity index (χ4n) is 0.968. The summed E-state index contributed by atoms with van der Waals surface area (Å²) in [5.74, 6) is -1.83. The van der Waals surface area contributed by atoms with E-state index in [4.69, 9.17) is 19.7 Å². The number of hydrogen-bond donors (Lipinski definition) is 2. The minimum absolute atomic E-state index is 0. The summed E-state index contributed by atoms with van der Waals surface area (Å²) in [5, 5.41) is 16.8. The highest BCUT2D eigenvalue weighted by Crippen LogP contribution is 2.26. The van der Waals surface area contributed by atoms with Crippen LogP contribution in [0.4, 0.5) is 0 Å². The quantitative estimate of drug-likeness (QED) is 0.713. The Morgan fingerprint density at radius 3 is 1.59 bits per heavy atom. The summed E-state index contributed by atoms with van der Waals surface area (Å²) in [6, 6.07) is 6.26. The van der Waals surface area contributed by atoms with Crippen LogP contribution in [-0.4, -0.2) is 40.8 Å². The van der Waals surface area contributed by atoms with Gasteiger partial charge in [-0.25, -0.2) is 9.59 Å². The van der Waals surface area contributed by atoms with Crippen LogP contribution in [0.5, 0.6) is 11.5 Å². The second-order valence-corrected chi connectivity index (χ2v) is 2.81. The Kier molecular flexibility index (Phi) is 6.12. The van der Waals surface area contributed by atoms with E-state index in [1.54, 1.807) is 12.1 Å². The van der Waals surface area contributed by atoms with Gasteiger partial charge in [0.1, 0.15) is 0 Å². The van der Waals surface area contributed by atoms with Gasteiger partial charge in [0, 0.05) is 0 Å². The highest BCUT2D eigenvalue weighted by atomic mass is 16.5. The van der Waals surface area contributed by atoms with E-state index < -0.39 is 25.2 Å². The molecule has 7 heteroatoms. The standard InChI is InChI=1S/C10H10O6.H2O/c11-9(12)5-15-7-3-1-2-4-8(7)16-6-10(13)14;/h1-4H,5-6H2,(H,11,12)(H,13,14);1H2. The molecule has 1 aromatic rings. The molecule has 0 radical (unpaired) electrons. The molecule has 0 aliphatic carbocycles. The molecule has 7 nitrogen and oxygen atoms in total. The summed E-state index contributed by atoms with van der Waals surface area (Å²) in [4.78, 5) is 20.6. The number of ether oxygens (including phenoxy) is 2. The zero-order valence-corrected chi connectivity index (χ0v) is 8.75. The van der Waals surface area contributed by atoms with Crippen LogP contribution in [0.15, 0.2) is 24.3 Å². The molecule has 0 saturated carbocycles. The van der Waals surface area contributed by atoms with Gasteiger partial charge in [-0.2, -0.15) is 0 Å². The molecule has 0 spiro atoms. The van der Waals surface area contributed by atoms with Gasteiger partial charge < -0.3 is 25.2 Å². The molecule has 0 saturated heterocycles. The first-order chi connectivity index (χ1) is 7.59. The Morgan fingerprint density at radius 2 is 1.29 bits per heavy atom. The SMILES string of the molecule is O.O=C(O)COc1ccccc1OCC(=O)O. The van der Waals surface area contributed by atoms with Crippen molar-refractivity contribution >= 4 is 11.9 Å². The molecule has 0 unspecified atom stereocenters. The van der Waals surface area contributed by atoms with E-state index >= 15 is 0 Å². The van der Waals surface area contributed by atoms with Crippen LogP contribution in [0.1, 0.15) is 0 Å². The molecule has 0 aliphatic heterocycles. The van der Waals surface area contributed by atoms with Crippen molar-refractivity contribution in [1.82, 2.24) is 0 Å². The summed E-state index contributed by atoms with van der Waals surface area (Å²) in [7, 11) is 0. The van der Waals surface area contributed by atoms with Gasteiger partial charge in [-0.15, -0.1) is 0 Å². The van der Waals surface area contributed by atoms with Crippen molar-refractivity contribution in [3.63, 3.8) is 0 Å². The van der Waals surface area contributed by atoms with Crippen molar-refractivity contribution in [3.8, 4) is 11.5 Å². The predicted molar refractivity (Wildman–Crippen MR) is 56.3 cm³/mol. The highest BCUT2D eigenvalue weighted by Gasteiger charge is 2.07. The maximum absolute atomic E-state index is 10.3. The van der Waals surface area contributed by atoms with E-state index in [-0.39, 0.29) is 17.0 Å². The van der Waals surface area contributed by atoms with Crippen LogP contribution >= 0.6 is 0 Å². The lowest BCUT2D eigenvalue weighted by atomic mass is 10.3. The van der Waals surface area contributed by atoms with Crippen molar-refractivity contribution in [3.05, 3.63) is 24.3 Å². The van der Waals surface area contributed by atoms with Gasteiger partial charge in [0.25, 0.3) is 0 Å². The lowest BCUT2D eigenvalue weighted by Crippen LogP contribution is -2.12. The van der Waals surface area contributed by atoms with Gasteiger partial charge in [-0.05, 0) is 12.1 Å². The second-order valence-electron chi connectivity index (χ2n) is 2.81. The van der Waals surface area contributed by atoms with Crippen molar-refractivity contribution in [2.75, 3.05) is 13.2 Å². The van der Waals surface area contributed by atoms with Crippen molar-refractivity contribution < 1.29 is 34.8 Å². The molecule has 0 heterocycles. The molecule has 0 amide bonds. The Balaban J connectivity index is 0.00000256. The number of aliphatic carboxylic acids is 2. The van der Waals surface area contributed by atoms with E-state index in [2.05, 4.69) is 0 Å². The number of carboxylic acids is 2. The van der Waals surface area contributed by atoms with Crippen LogP contribution in [0.25, 0.3) is 0 Å². The summed E-state index contributed by atoms with van der Waals surface area (Å²) >= 11 is 0. The van der Waals surface area contributed by atoms with Gasteiger partial charge in [-0.3, -0.25) is 0 Å². The molecule has 0 atom stereocenters. The molecule has 1 rings (SSSR count). The van der Waals surface area contributed by atoms with Gasteiger partial charge in [0.15, 0.2) is 24.7 Å². The third kappa shape index (κ3) is 5.38. The summed E-state index contributed by atoms with van der Waals surface area (Å²) in [6.45, 7) is -1.01. The van der Waals surface area contributed by atoms with E-state index in [9.17, 15) is 9.59 Å². The number of hydrogen-bond acceptors (Lipinski definition) is 4. The minimum atomic E-state index is -1.12. The Labute approximate surface area is 96.5 Å². The molecule has 1 aromatic carbocycles. The third-order valence-corrected chi connectivity index (χ3v) is 1.55. The van der Waals surface area contributed by atoms with Gasteiger partial charge in [-0.1, -0.05) is 12.1 Å². The average molecular weight is 244 g/mol. The number of carboxylic acid groups (broad SMARTS) is 2. The molecule has 4 N–H and O–H groups in total. The molecule has 0 aromatic heterocycles. The maximum atomic E-state index is 10.3. The number of carbonyl (C=O) groups is 2. The van der Waals surface area contributed by atoms with E-state index in [0.717, 1.165) is 0 Å². The van der Waals surface area contributed by atoms with Crippen molar-refractivity contribution in [2.45, 2.75) is 0 Å². The Morgan fingerprint density at radius 1 is 0.941 bits per heavy atom. The fourth-order valence-corrected chi connectivity index (χ4v) is 0.968. The molecular weight excluding hydrogens is 232 g/mol. The Bertz CT molecular complexity index is 351. The van der Waals surface area contributed by atoms with Crippen molar-refractivity contribution in [1.29, 1.82) is 0 Å². The third-order valence-electron chi connectivity index (χ3n) is 1.55. The van der Waals surface area contributed by atoms with Crippen LogP contribution in [0.2, 0.25) is 0 Å². The first kappa shape index (κ1) is 14.7. The van der Waals surface area contributed by atoms with E-state index in [1.165, 1.54) is 12.1 Å². The fraction of sp³-hybridized carbons (Fsp3) is 0.200. The molecule has 0 bridgehead atoms. The first-order valence-electron chi connectivity index (χ1n) is 4.38. The van der Waals surface area contributed by atoms with Crippen molar-refractivity contribution in [2.24, 2.45) is 0 Å². The summed E-state index contributed by atoms with van der Waals surface area (Å²) < 4.78 is 9.83. The topological polar surface area (TPSA) is 125 Å². The van der Waals surface area contributed by atoms with Gasteiger partial charge >= 0.3 is 11.9 Å². The lowest BCUT2D eigenvalue weighted by molar-refractivity contribution is -0.140. The van der Waals surface area contributed by atoms with E-state index in [0.29, 0.717) is 0 Å². The zero-order chi connectivity index (χ0) is 12.0.